The lowest BCUT2D eigenvalue weighted by molar-refractivity contribution is -0.154. The average molecular weight is 227 g/mol. The highest BCUT2D eigenvalue weighted by atomic mass is 16.6. The molecule has 0 atom stereocenters. The summed E-state index contributed by atoms with van der Waals surface area (Å²) in [6.45, 7) is 9.71. The predicted molar refractivity (Wildman–Crippen MR) is 65.3 cm³/mol. The summed E-state index contributed by atoms with van der Waals surface area (Å²) in [4.78, 5) is 11.4. The molecule has 0 amide bonds. The summed E-state index contributed by atoms with van der Waals surface area (Å²) in [7, 11) is 0. The van der Waals surface area contributed by atoms with Crippen LogP contribution in [0.2, 0.25) is 0 Å². The monoisotopic (exact) mass is 227 g/mol. The lowest BCUT2D eigenvalue weighted by atomic mass is 10.0. The van der Waals surface area contributed by atoms with E-state index in [1.54, 1.807) is 0 Å². The summed E-state index contributed by atoms with van der Waals surface area (Å²) in [5.41, 5.74) is 0.187. The minimum absolute atomic E-state index is 0.110. The summed E-state index contributed by atoms with van der Waals surface area (Å²) in [6.07, 6.45) is 4.38. The van der Waals surface area contributed by atoms with Crippen molar-refractivity contribution in [2.75, 3.05) is 13.1 Å². The minimum atomic E-state index is -0.363. The third kappa shape index (κ3) is 4.97. The Hall–Kier alpha value is -0.570. The molecule has 1 saturated carbocycles. The molecular formula is C13H25NO2. The van der Waals surface area contributed by atoms with Crippen molar-refractivity contribution in [3.05, 3.63) is 0 Å². The molecule has 3 heteroatoms. The maximum atomic E-state index is 11.4. The number of carbonyl (C=O) groups excluding carboxylic acids is 1. The summed E-state index contributed by atoms with van der Waals surface area (Å²) >= 11 is 0. The maximum Gasteiger partial charge on any atom is 0.307 e. The third-order valence-corrected chi connectivity index (χ3v) is 3.13. The van der Waals surface area contributed by atoms with Gasteiger partial charge in [-0.2, -0.15) is 0 Å². The van der Waals surface area contributed by atoms with Crippen LogP contribution in [0.5, 0.6) is 0 Å². The van der Waals surface area contributed by atoms with Gasteiger partial charge < -0.3 is 10.1 Å². The van der Waals surface area contributed by atoms with Crippen molar-refractivity contribution in [3.63, 3.8) is 0 Å². The van der Waals surface area contributed by atoms with E-state index < -0.39 is 0 Å². The molecule has 0 radical (unpaired) electrons. The van der Waals surface area contributed by atoms with Crippen LogP contribution >= 0.6 is 0 Å². The predicted octanol–water partition coefficient (Wildman–Crippen LogP) is 2.50. The lowest BCUT2D eigenvalue weighted by Crippen LogP contribution is -2.29. The van der Waals surface area contributed by atoms with Crippen LogP contribution in [0.25, 0.3) is 0 Å². The van der Waals surface area contributed by atoms with E-state index in [-0.39, 0.29) is 11.6 Å². The summed E-state index contributed by atoms with van der Waals surface area (Å²) < 4.78 is 5.23. The van der Waals surface area contributed by atoms with Crippen LogP contribution in [-0.2, 0) is 9.53 Å². The molecule has 16 heavy (non-hydrogen) atoms. The molecule has 1 aliphatic rings. The van der Waals surface area contributed by atoms with Crippen LogP contribution in [0.15, 0.2) is 0 Å². The van der Waals surface area contributed by atoms with E-state index in [0.29, 0.717) is 11.8 Å². The maximum absolute atomic E-state index is 11.4. The van der Waals surface area contributed by atoms with E-state index in [1.807, 2.05) is 20.8 Å². The number of carbonyl (C=O) groups is 1. The molecule has 0 bridgehead atoms. The van der Waals surface area contributed by atoms with Gasteiger partial charge in [0.1, 0.15) is 5.60 Å². The van der Waals surface area contributed by atoms with E-state index in [2.05, 4.69) is 12.2 Å². The van der Waals surface area contributed by atoms with E-state index in [0.717, 1.165) is 13.1 Å². The first-order valence-electron chi connectivity index (χ1n) is 6.29. The van der Waals surface area contributed by atoms with E-state index in [4.69, 9.17) is 4.74 Å². The fourth-order valence-electron chi connectivity index (χ4n) is 1.77. The highest BCUT2D eigenvalue weighted by molar-refractivity contribution is 5.70. The molecule has 1 N–H and O–H groups in total. The molecule has 3 nitrogen and oxygen atoms in total. The van der Waals surface area contributed by atoms with Gasteiger partial charge in [0.25, 0.3) is 0 Å². The van der Waals surface area contributed by atoms with Crippen molar-refractivity contribution in [1.29, 1.82) is 0 Å². The van der Waals surface area contributed by atoms with E-state index in [1.165, 1.54) is 19.3 Å². The molecule has 0 aromatic carbocycles. The zero-order chi connectivity index (χ0) is 12.2. The highest BCUT2D eigenvalue weighted by Crippen LogP contribution is 2.47. The summed E-state index contributed by atoms with van der Waals surface area (Å²) in [5.74, 6) is -0.110. The third-order valence-electron chi connectivity index (χ3n) is 3.13. The second-order valence-corrected chi connectivity index (χ2v) is 5.87. The van der Waals surface area contributed by atoms with Crippen molar-refractivity contribution in [1.82, 2.24) is 5.32 Å². The van der Waals surface area contributed by atoms with Crippen LogP contribution in [0.1, 0.15) is 53.4 Å². The fourth-order valence-corrected chi connectivity index (χ4v) is 1.77. The van der Waals surface area contributed by atoms with Gasteiger partial charge in [0, 0.05) is 13.1 Å². The van der Waals surface area contributed by atoms with Gasteiger partial charge in [-0.3, -0.25) is 4.79 Å². The fraction of sp³-hybridized carbons (Fsp3) is 0.923. The number of esters is 1. The van der Waals surface area contributed by atoms with Crippen LogP contribution in [0.4, 0.5) is 0 Å². The van der Waals surface area contributed by atoms with Gasteiger partial charge in [-0.25, -0.2) is 0 Å². The molecular weight excluding hydrogens is 202 g/mol. The van der Waals surface area contributed by atoms with Crippen molar-refractivity contribution < 1.29 is 9.53 Å². The Kier molecular flexibility index (Phi) is 4.36. The largest absolute Gasteiger partial charge is 0.460 e. The molecule has 0 aromatic heterocycles. The van der Waals surface area contributed by atoms with Gasteiger partial charge >= 0.3 is 5.97 Å². The number of rotatable bonds is 6. The van der Waals surface area contributed by atoms with Crippen LogP contribution < -0.4 is 5.32 Å². The second-order valence-electron chi connectivity index (χ2n) is 5.87. The van der Waals surface area contributed by atoms with Crippen LogP contribution in [0, 0.1) is 5.41 Å². The highest BCUT2D eigenvalue weighted by Gasteiger charge is 2.39. The van der Waals surface area contributed by atoms with Crippen LogP contribution in [-0.4, -0.2) is 24.7 Å². The number of hydrogen-bond acceptors (Lipinski definition) is 3. The average Bonchev–Trinajstić information content (AvgIpc) is 2.90. The molecule has 94 valence electrons. The quantitative estimate of drug-likeness (QED) is 0.559. The van der Waals surface area contributed by atoms with Gasteiger partial charge in [0.15, 0.2) is 0 Å². The normalized spacial score (nSPS) is 18.2. The zero-order valence-electron chi connectivity index (χ0n) is 11.1. The number of hydrogen-bond donors (Lipinski definition) is 1. The first-order chi connectivity index (χ1) is 7.37. The standard InChI is InChI=1S/C13H25NO2/c1-5-13(7-8-13)10-14-9-6-11(15)16-12(2,3)4/h14H,5-10H2,1-4H3. The SMILES string of the molecule is CCC1(CNCCC(=O)OC(C)(C)C)CC1. The van der Waals surface area contributed by atoms with Crippen molar-refractivity contribution in [2.45, 2.75) is 59.0 Å². The smallest absolute Gasteiger partial charge is 0.307 e. The molecule has 0 spiro atoms. The zero-order valence-corrected chi connectivity index (χ0v) is 11.1. The van der Waals surface area contributed by atoms with E-state index >= 15 is 0 Å². The molecule has 0 aliphatic heterocycles. The molecule has 1 rings (SSSR count). The van der Waals surface area contributed by atoms with Crippen molar-refractivity contribution in [3.8, 4) is 0 Å². The summed E-state index contributed by atoms with van der Waals surface area (Å²) in [5, 5.41) is 3.35. The Morgan fingerprint density at radius 2 is 2.00 bits per heavy atom. The Morgan fingerprint density at radius 3 is 2.44 bits per heavy atom. The Labute approximate surface area is 98.9 Å². The molecule has 0 heterocycles. The number of ether oxygens (including phenoxy) is 1. The molecule has 1 aliphatic carbocycles. The Balaban J connectivity index is 2.05. The van der Waals surface area contributed by atoms with Crippen LogP contribution in [0.3, 0.4) is 0 Å². The van der Waals surface area contributed by atoms with Crippen molar-refractivity contribution >= 4 is 5.97 Å². The molecule has 0 unspecified atom stereocenters. The number of nitrogens with one attached hydrogen (secondary N) is 1. The van der Waals surface area contributed by atoms with E-state index in [9.17, 15) is 4.79 Å². The first-order valence-corrected chi connectivity index (χ1v) is 6.29. The lowest BCUT2D eigenvalue weighted by Gasteiger charge is -2.19. The molecule has 0 saturated heterocycles. The van der Waals surface area contributed by atoms with Crippen molar-refractivity contribution in [2.24, 2.45) is 5.41 Å². The molecule has 1 fully saturated rings. The Morgan fingerprint density at radius 1 is 1.38 bits per heavy atom. The topological polar surface area (TPSA) is 38.3 Å². The van der Waals surface area contributed by atoms with Gasteiger partial charge in [-0.1, -0.05) is 6.92 Å². The van der Waals surface area contributed by atoms with Gasteiger partial charge in [0.2, 0.25) is 0 Å². The minimum Gasteiger partial charge on any atom is -0.460 e. The van der Waals surface area contributed by atoms with Gasteiger partial charge in [-0.05, 0) is 45.4 Å². The van der Waals surface area contributed by atoms with Gasteiger partial charge in [0.05, 0.1) is 6.42 Å². The molecule has 0 aromatic rings. The van der Waals surface area contributed by atoms with Gasteiger partial charge in [-0.15, -0.1) is 0 Å². The second kappa shape index (κ2) is 5.17. The Bertz CT molecular complexity index is 239. The summed E-state index contributed by atoms with van der Waals surface area (Å²) in [6, 6.07) is 0. The first kappa shape index (κ1) is 13.5.